The van der Waals surface area contributed by atoms with Crippen LogP contribution in [0.3, 0.4) is 0 Å². The van der Waals surface area contributed by atoms with Gasteiger partial charge in [-0.1, -0.05) is 43.2 Å². The number of ether oxygens (including phenoxy) is 2. The minimum absolute atomic E-state index is 0. The van der Waals surface area contributed by atoms with Gasteiger partial charge in [0.15, 0.2) is 5.96 Å². The predicted molar refractivity (Wildman–Crippen MR) is 132 cm³/mol. The monoisotopic (exact) mass is 517 g/mol. The normalized spacial score (nSPS) is 15.7. The van der Waals surface area contributed by atoms with Crippen LogP contribution in [0.15, 0.2) is 35.3 Å². The number of halogens is 1. The van der Waals surface area contributed by atoms with E-state index in [0.29, 0.717) is 12.0 Å². The number of unbranched alkanes of at least 4 members (excludes halogenated alkanes) is 1. The smallest absolute Gasteiger partial charge is 0.190 e. The second-order valence-electron chi connectivity index (χ2n) is 7.75. The van der Waals surface area contributed by atoms with E-state index in [1.165, 1.54) is 31.2 Å². The molecule has 1 aliphatic rings. The van der Waals surface area contributed by atoms with Gasteiger partial charge < -0.3 is 20.1 Å². The zero-order valence-corrected chi connectivity index (χ0v) is 20.6. The lowest BCUT2D eigenvalue weighted by Crippen LogP contribution is -2.43. The number of guanidine groups is 1. The highest BCUT2D eigenvalue weighted by Crippen LogP contribution is 2.40. The summed E-state index contributed by atoms with van der Waals surface area (Å²) in [5.74, 6) is 0.910. The van der Waals surface area contributed by atoms with Gasteiger partial charge >= 0.3 is 0 Å². The summed E-state index contributed by atoms with van der Waals surface area (Å²) in [4.78, 5) is 4.38. The maximum Gasteiger partial charge on any atom is 0.190 e. The van der Waals surface area contributed by atoms with E-state index >= 15 is 0 Å². The maximum absolute atomic E-state index is 5.74. The predicted octanol–water partition coefficient (Wildman–Crippen LogP) is 4.75. The van der Waals surface area contributed by atoms with Crippen molar-refractivity contribution in [2.45, 2.75) is 58.5 Å². The van der Waals surface area contributed by atoms with Crippen LogP contribution in [-0.2, 0) is 16.1 Å². The lowest BCUT2D eigenvalue weighted by Gasteiger charge is -2.30. The Morgan fingerprint density at radius 1 is 1.03 bits per heavy atom. The summed E-state index contributed by atoms with van der Waals surface area (Å²) < 4.78 is 11.4. The number of nitrogens with one attached hydrogen (secondary N) is 2. The van der Waals surface area contributed by atoms with Gasteiger partial charge in [-0.25, -0.2) is 0 Å². The average Bonchev–Trinajstić information content (AvgIpc) is 3.19. The van der Waals surface area contributed by atoms with Gasteiger partial charge in [-0.3, -0.25) is 4.99 Å². The maximum atomic E-state index is 5.74. The van der Waals surface area contributed by atoms with Crippen LogP contribution in [0, 0.1) is 5.41 Å². The third kappa shape index (κ3) is 10.6. The molecular formula is C23H40IN3O2. The Balaban J connectivity index is 0.00000420. The molecule has 29 heavy (non-hydrogen) atoms. The first-order chi connectivity index (χ1) is 13.8. The van der Waals surface area contributed by atoms with Crippen molar-refractivity contribution in [2.75, 3.05) is 40.0 Å². The molecule has 0 bridgehead atoms. The molecule has 1 aliphatic carbocycles. The highest BCUT2D eigenvalue weighted by molar-refractivity contribution is 14.0. The van der Waals surface area contributed by atoms with Gasteiger partial charge in [0.1, 0.15) is 0 Å². The number of hydrogen-bond acceptors (Lipinski definition) is 3. The highest BCUT2D eigenvalue weighted by atomic mass is 127. The fraction of sp³-hybridized carbons (Fsp3) is 0.696. The lowest BCUT2D eigenvalue weighted by molar-refractivity contribution is 0.105. The summed E-state index contributed by atoms with van der Waals surface area (Å²) >= 11 is 0. The molecule has 0 spiro atoms. The highest BCUT2D eigenvalue weighted by Gasteiger charge is 2.33. The first-order valence-electron chi connectivity index (χ1n) is 10.9. The Labute approximate surface area is 194 Å². The van der Waals surface area contributed by atoms with E-state index in [4.69, 9.17) is 9.47 Å². The van der Waals surface area contributed by atoms with Crippen molar-refractivity contribution < 1.29 is 9.47 Å². The quantitative estimate of drug-likeness (QED) is 0.172. The largest absolute Gasteiger partial charge is 0.382 e. The fourth-order valence-electron chi connectivity index (χ4n) is 3.87. The van der Waals surface area contributed by atoms with Crippen molar-refractivity contribution in [1.29, 1.82) is 0 Å². The second kappa shape index (κ2) is 15.9. The van der Waals surface area contributed by atoms with Crippen molar-refractivity contribution >= 4 is 29.9 Å². The first kappa shape index (κ1) is 26.2. The van der Waals surface area contributed by atoms with Gasteiger partial charge in [0.2, 0.25) is 0 Å². The number of hydrogen-bond donors (Lipinski definition) is 2. The minimum Gasteiger partial charge on any atom is -0.382 e. The number of benzene rings is 1. The molecule has 6 heteroatoms. The first-order valence-corrected chi connectivity index (χ1v) is 10.9. The molecule has 0 amide bonds. The Kier molecular flexibility index (Phi) is 14.4. The average molecular weight is 517 g/mol. The van der Waals surface area contributed by atoms with E-state index < -0.39 is 0 Å². The zero-order valence-electron chi connectivity index (χ0n) is 18.3. The molecule has 1 aromatic carbocycles. The van der Waals surface area contributed by atoms with Crippen LogP contribution < -0.4 is 10.6 Å². The van der Waals surface area contributed by atoms with E-state index in [1.807, 2.05) is 25.2 Å². The third-order valence-electron chi connectivity index (χ3n) is 5.62. The third-order valence-corrected chi connectivity index (χ3v) is 5.62. The van der Waals surface area contributed by atoms with E-state index in [1.54, 1.807) is 0 Å². The molecular weight excluding hydrogens is 477 g/mol. The van der Waals surface area contributed by atoms with Crippen molar-refractivity contribution in [3.8, 4) is 0 Å². The molecule has 0 unspecified atom stereocenters. The fourth-order valence-corrected chi connectivity index (χ4v) is 3.87. The molecule has 0 heterocycles. The zero-order chi connectivity index (χ0) is 19.9. The molecule has 1 saturated carbocycles. The second-order valence-corrected chi connectivity index (χ2v) is 7.75. The van der Waals surface area contributed by atoms with Crippen LogP contribution in [0.5, 0.6) is 0 Å². The molecule has 5 nitrogen and oxygen atoms in total. The summed E-state index contributed by atoms with van der Waals surface area (Å²) in [7, 11) is 1.85. The van der Waals surface area contributed by atoms with Gasteiger partial charge in [0.25, 0.3) is 0 Å². The summed E-state index contributed by atoms with van der Waals surface area (Å²) in [6, 6.07) is 10.3. The van der Waals surface area contributed by atoms with E-state index in [9.17, 15) is 0 Å². The Bertz CT molecular complexity index is 548. The summed E-state index contributed by atoms with van der Waals surface area (Å²) in [5, 5.41) is 6.99. The van der Waals surface area contributed by atoms with Crippen molar-refractivity contribution in [1.82, 2.24) is 10.6 Å². The van der Waals surface area contributed by atoms with E-state index in [-0.39, 0.29) is 24.0 Å². The van der Waals surface area contributed by atoms with Crippen molar-refractivity contribution in [3.63, 3.8) is 0 Å². The van der Waals surface area contributed by atoms with Crippen LogP contribution in [0.4, 0.5) is 0 Å². The van der Waals surface area contributed by atoms with Gasteiger partial charge in [-0.15, -0.1) is 24.0 Å². The molecule has 2 N–H and O–H groups in total. The molecule has 2 rings (SSSR count). The Morgan fingerprint density at radius 3 is 2.48 bits per heavy atom. The van der Waals surface area contributed by atoms with Crippen LogP contribution in [-0.4, -0.2) is 45.9 Å². The summed E-state index contributed by atoms with van der Waals surface area (Å²) in [5.41, 5.74) is 1.60. The SMILES string of the molecule is CCOCCC1(CNC(=NC)NCCCCOCc2ccccc2)CCCC1.I. The van der Waals surface area contributed by atoms with Gasteiger partial charge in [-0.05, 0) is 50.0 Å². The van der Waals surface area contributed by atoms with Crippen molar-refractivity contribution in [2.24, 2.45) is 10.4 Å². The topological polar surface area (TPSA) is 54.9 Å². The molecule has 0 aliphatic heterocycles. The number of aliphatic imine (C=N–C) groups is 1. The number of nitrogens with zero attached hydrogens (tertiary/aromatic N) is 1. The molecule has 0 radical (unpaired) electrons. The summed E-state index contributed by atoms with van der Waals surface area (Å²) in [6.45, 7) is 7.14. The Hall–Kier alpha value is -0.860. The van der Waals surface area contributed by atoms with E-state index in [0.717, 1.165) is 58.1 Å². The molecule has 0 aromatic heterocycles. The van der Waals surface area contributed by atoms with Crippen LogP contribution in [0.2, 0.25) is 0 Å². The van der Waals surface area contributed by atoms with Gasteiger partial charge in [0.05, 0.1) is 6.61 Å². The Morgan fingerprint density at radius 2 is 1.79 bits per heavy atom. The van der Waals surface area contributed by atoms with Crippen LogP contribution in [0.25, 0.3) is 0 Å². The lowest BCUT2D eigenvalue weighted by atomic mass is 9.83. The molecule has 0 saturated heterocycles. The molecule has 1 fully saturated rings. The van der Waals surface area contributed by atoms with Gasteiger partial charge in [-0.2, -0.15) is 0 Å². The van der Waals surface area contributed by atoms with E-state index in [2.05, 4.69) is 34.7 Å². The molecule has 166 valence electrons. The number of rotatable bonds is 13. The minimum atomic E-state index is 0. The van der Waals surface area contributed by atoms with Crippen LogP contribution in [0.1, 0.15) is 57.4 Å². The summed E-state index contributed by atoms with van der Waals surface area (Å²) in [6.07, 6.45) is 8.53. The van der Waals surface area contributed by atoms with Crippen molar-refractivity contribution in [3.05, 3.63) is 35.9 Å². The molecule has 1 aromatic rings. The van der Waals surface area contributed by atoms with Crippen LogP contribution >= 0.6 is 24.0 Å². The van der Waals surface area contributed by atoms with Gasteiger partial charge in [0, 0.05) is 40.0 Å². The molecule has 0 atom stereocenters. The standard InChI is InChI=1S/C23H39N3O2.HI/c1-3-27-18-15-23(13-7-8-14-23)20-26-22(24-2)25-16-9-10-17-28-19-21-11-5-4-6-12-21;/h4-6,11-12H,3,7-10,13-20H2,1-2H3,(H2,24,25,26);1H.